The lowest BCUT2D eigenvalue weighted by atomic mass is 9.87. The maximum absolute atomic E-state index is 12.7. The third kappa shape index (κ3) is 4.63. The lowest BCUT2D eigenvalue weighted by molar-refractivity contribution is -0.131. The van der Waals surface area contributed by atoms with E-state index in [0.717, 1.165) is 51.3 Å². The number of methoxy groups -OCH3 is 1. The van der Waals surface area contributed by atoms with Gasteiger partial charge >= 0.3 is 0 Å². The quantitative estimate of drug-likeness (QED) is 0.709. The van der Waals surface area contributed by atoms with E-state index in [0.29, 0.717) is 17.7 Å². The number of aromatic nitrogens is 2. The predicted molar refractivity (Wildman–Crippen MR) is 98.6 cm³/mol. The highest BCUT2D eigenvalue weighted by atomic mass is 16.5. The van der Waals surface area contributed by atoms with Gasteiger partial charge in [0, 0.05) is 57.6 Å². The van der Waals surface area contributed by atoms with Crippen LogP contribution in [0.15, 0.2) is 6.20 Å². The lowest BCUT2D eigenvalue weighted by Crippen LogP contribution is -2.30. The van der Waals surface area contributed by atoms with E-state index >= 15 is 0 Å². The van der Waals surface area contributed by atoms with Crippen molar-refractivity contribution < 1.29 is 9.53 Å². The second-order valence-electron chi connectivity index (χ2n) is 7.79. The van der Waals surface area contributed by atoms with Crippen molar-refractivity contribution in [1.29, 1.82) is 0 Å². The minimum Gasteiger partial charge on any atom is -0.385 e. The van der Waals surface area contributed by atoms with Crippen LogP contribution in [0, 0.1) is 12.8 Å². The first-order chi connectivity index (χ1) is 12.2. The Morgan fingerprint density at radius 1 is 1.28 bits per heavy atom. The van der Waals surface area contributed by atoms with Crippen molar-refractivity contribution in [3.8, 4) is 0 Å². The van der Waals surface area contributed by atoms with Gasteiger partial charge in [-0.3, -0.25) is 4.79 Å². The average molecular weight is 348 g/mol. The Hall–Kier alpha value is -1.36. The van der Waals surface area contributed by atoms with E-state index in [1.807, 2.05) is 6.20 Å². The van der Waals surface area contributed by atoms with Gasteiger partial charge in [-0.2, -0.15) is 0 Å². The summed E-state index contributed by atoms with van der Waals surface area (Å²) in [6, 6.07) is 0. The summed E-state index contributed by atoms with van der Waals surface area (Å²) in [5.74, 6) is 2.52. The molecule has 1 aromatic rings. The summed E-state index contributed by atoms with van der Waals surface area (Å²) in [6.45, 7) is 5.56. The second kappa shape index (κ2) is 8.84. The normalized spacial score (nSPS) is 21.8. The third-order valence-corrected chi connectivity index (χ3v) is 5.91. The van der Waals surface area contributed by atoms with Crippen LogP contribution in [0.5, 0.6) is 0 Å². The summed E-state index contributed by atoms with van der Waals surface area (Å²) in [6.07, 6.45) is 11.2. The molecule has 0 radical (unpaired) electrons. The molecule has 25 heavy (non-hydrogen) atoms. The summed E-state index contributed by atoms with van der Waals surface area (Å²) in [4.78, 5) is 19.4. The van der Waals surface area contributed by atoms with Crippen LogP contribution in [-0.4, -0.2) is 47.2 Å². The number of nitrogens with zero attached hydrogens (tertiary/aromatic N) is 3. The summed E-state index contributed by atoms with van der Waals surface area (Å²) >= 11 is 0. The highest BCUT2D eigenvalue weighted by molar-refractivity contribution is 5.76. The standard InChI is InChI=1S/C20H33N3O2/c1-16-14-21-20(23(16)10-6-12-25-2)18-9-11-22(15-18)19(24)13-17-7-4-3-5-8-17/h14,17-18H,3-13,15H2,1-2H3. The van der Waals surface area contributed by atoms with Gasteiger partial charge in [-0.1, -0.05) is 19.3 Å². The molecule has 1 atom stereocenters. The Morgan fingerprint density at radius 2 is 2.08 bits per heavy atom. The number of rotatable bonds is 7. The number of carbonyl (C=O) groups excluding carboxylic acids is 1. The van der Waals surface area contributed by atoms with E-state index in [-0.39, 0.29) is 0 Å². The molecule has 0 spiro atoms. The van der Waals surface area contributed by atoms with Crippen molar-refractivity contribution in [3.05, 3.63) is 17.7 Å². The van der Waals surface area contributed by atoms with Gasteiger partial charge in [-0.25, -0.2) is 4.98 Å². The fraction of sp³-hybridized carbons (Fsp3) is 0.800. The first kappa shape index (κ1) is 18.4. The van der Waals surface area contributed by atoms with Crippen LogP contribution in [0.2, 0.25) is 0 Å². The number of aryl methyl sites for hydroxylation is 1. The zero-order chi connectivity index (χ0) is 17.6. The monoisotopic (exact) mass is 347 g/mol. The van der Waals surface area contributed by atoms with E-state index in [1.165, 1.54) is 37.8 Å². The number of hydrogen-bond acceptors (Lipinski definition) is 3. The van der Waals surface area contributed by atoms with Crippen molar-refractivity contribution in [1.82, 2.24) is 14.5 Å². The van der Waals surface area contributed by atoms with Gasteiger partial charge in [0.05, 0.1) is 0 Å². The van der Waals surface area contributed by atoms with Crippen LogP contribution >= 0.6 is 0 Å². The molecule has 1 aromatic heterocycles. The molecular weight excluding hydrogens is 314 g/mol. The predicted octanol–water partition coefficient (Wildman–Crippen LogP) is 3.51. The molecule has 5 nitrogen and oxygen atoms in total. The SMILES string of the molecule is COCCCn1c(C)cnc1C1CCN(C(=O)CC2CCCCC2)C1. The zero-order valence-electron chi connectivity index (χ0n) is 15.9. The fourth-order valence-electron chi connectivity index (χ4n) is 4.43. The van der Waals surface area contributed by atoms with Crippen LogP contribution in [0.4, 0.5) is 0 Å². The van der Waals surface area contributed by atoms with Gasteiger partial charge < -0.3 is 14.2 Å². The summed E-state index contributed by atoms with van der Waals surface area (Å²) < 4.78 is 7.50. The Bertz CT molecular complexity index is 563. The molecule has 0 N–H and O–H groups in total. The molecule has 0 aromatic carbocycles. The van der Waals surface area contributed by atoms with E-state index in [4.69, 9.17) is 4.74 Å². The fourth-order valence-corrected chi connectivity index (χ4v) is 4.43. The van der Waals surface area contributed by atoms with Crippen LogP contribution < -0.4 is 0 Å². The summed E-state index contributed by atoms with van der Waals surface area (Å²) in [5.41, 5.74) is 1.21. The number of carbonyl (C=O) groups is 1. The molecule has 1 amide bonds. The first-order valence-corrected chi connectivity index (χ1v) is 9.97. The summed E-state index contributed by atoms with van der Waals surface area (Å²) in [7, 11) is 1.74. The third-order valence-electron chi connectivity index (χ3n) is 5.91. The molecule has 140 valence electrons. The maximum atomic E-state index is 12.7. The van der Waals surface area contributed by atoms with Crippen molar-refractivity contribution in [2.24, 2.45) is 5.92 Å². The van der Waals surface area contributed by atoms with Gasteiger partial charge in [0.2, 0.25) is 5.91 Å². The minimum atomic E-state index is 0.364. The number of likely N-dealkylation sites (tertiary alicyclic amines) is 1. The Kier molecular flexibility index (Phi) is 6.51. The lowest BCUT2D eigenvalue weighted by Gasteiger charge is -2.24. The second-order valence-corrected chi connectivity index (χ2v) is 7.79. The van der Waals surface area contributed by atoms with Gasteiger partial charge in [-0.15, -0.1) is 0 Å². The molecule has 1 aliphatic carbocycles. The minimum absolute atomic E-state index is 0.364. The van der Waals surface area contributed by atoms with Crippen LogP contribution in [-0.2, 0) is 16.1 Å². The molecule has 2 fully saturated rings. The van der Waals surface area contributed by atoms with Crippen molar-refractivity contribution in [2.75, 3.05) is 26.8 Å². The molecular formula is C20H33N3O2. The number of amides is 1. The Balaban J connectivity index is 1.56. The molecule has 1 unspecified atom stereocenters. The molecule has 3 rings (SSSR count). The molecule has 5 heteroatoms. The Morgan fingerprint density at radius 3 is 2.84 bits per heavy atom. The topological polar surface area (TPSA) is 47.4 Å². The van der Waals surface area contributed by atoms with E-state index in [9.17, 15) is 4.79 Å². The summed E-state index contributed by atoms with van der Waals surface area (Å²) in [5, 5.41) is 0. The number of imidazole rings is 1. The largest absolute Gasteiger partial charge is 0.385 e. The van der Waals surface area contributed by atoms with Gasteiger partial charge in [0.25, 0.3) is 0 Å². The average Bonchev–Trinajstić information content (AvgIpc) is 3.23. The number of ether oxygens (including phenoxy) is 1. The molecule has 2 aliphatic rings. The highest BCUT2D eigenvalue weighted by Crippen LogP contribution is 2.31. The van der Waals surface area contributed by atoms with Crippen LogP contribution in [0.3, 0.4) is 0 Å². The molecule has 1 saturated carbocycles. The molecule has 1 saturated heterocycles. The van der Waals surface area contributed by atoms with E-state index < -0.39 is 0 Å². The van der Waals surface area contributed by atoms with E-state index in [2.05, 4.69) is 21.4 Å². The van der Waals surface area contributed by atoms with Crippen molar-refractivity contribution in [3.63, 3.8) is 0 Å². The number of hydrogen-bond donors (Lipinski definition) is 0. The molecule has 0 bridgehead atoms. The smallest absolute Gasteiger partial charge is 0.222 e. The molecule has 1 aliphatic heterocycles. The van der Waals surface area contributed by atoms with Crippen molar-refractivity contribution >= 4 is 5.91 Å². The Labute approximate surface area is 151 Å². The van der Waals surface area contributed by atoms with Crippen LogP contribution in [0.1, 0.15) is 68.8 Å². The van der Waals surface area contributed by atoms with E-state index in [1.54, 1.807) is 7.11 Å². The maximum Gasteiger partial charge on any atom is 0.222 e. The van der Waals surface area contributed by atoms with Gasteiger partial charge in [-0.05, 0) is 38.5 Å². The zero-order valence-corrected chi connectivity index (χ0v) is 15.9. The molecule has 2 heterocycles. The highest BCUT2D eigenvalue weighted by Gasteiger charge is 2.31. The van der Waals surface area contributed by atoms with Gasteiger partial charge in [0.1, 0.15) is 5.82 Å². The first-order valence-electron chi connectivity index (χ1n) is 9.97. The van der Waals surface area contributed by atoms with Gasteiger partial charge in [0.15, 0.2) is 0 Å². The van der Waals surface area contributed by atoms with Crippen LogP contribution in [0.25, 0.3) is 0 Å². The van der Waals surface area contributed by atoms with Crippen molar-refractivity contribution in [2.45, 2.75) is 70.8 Å².